The van der Waals surface area contributed by atoms with E-state index < -0.39 is 11.4 Å². The minimum Gasteiger partial charge on any atom is -0.508 e. The average molecular weight is 451 g/mol. The maximum absolute atomic E-state index is 12.5. The summed E-state index contributed by atoms with van der Waals surface area (Å²) in [5.74, 6) is -0.545. The van der Waals surface area contributed by atoms with Crippen LogP contribution in [0.25, 0.3) is 11.1 Å². The first-order valence-electron chi connectivity index (χ1n) is 11.5. The molecule has 170 valence electrons. The molecule has 0 atom stereocenters. The molecule has 1 aliphatic carbocycles. The molecular weight excluding hydrogens is 424 g/mol. The van der Waals surface area contributed by atoms with Crippen molar-refractivity contribution in [2.45, 2.75) is 32.1 Å². The van der Waals surface area contributed by atoms with E-state index in [1.54, 1.807) is 24.3 Å². The Bertz CT molecular complexity index is 1380. The van der Waals surface area contributed by atoms with E-state index in [2.05, 4.69) is 6.07 Å². The van der Waals surface area contributed by atoms with Crippen LogP contribution in [-0.2, 0) is 18.3 Å². The second kappa shape index (κ2) is 8.07. The van der Waals surface area contributed by atoms with Crippen LogP contribution in [0, 0.1) is 0 Å². The molecular formula is C30H26O4. The third-order valence-corrected chi connectivity index (χ3v) is 7.08. The van der Waals surface area contributed by atoms with Gasteiger partial charge in [-0.25, -0.2) is 4.79 Å². The molecule has 3 N–H and O–H groups in total. The van der Waals surface area contributed by atoms with Gasteiger partial charge in [0.05, 0.1) is 11.0 Å². The topological polar surface area (TPSA) is 77.8 Å². The fraction of sp³-hybridized carbons (Fsp3) is 0.167. The first-order chi connectivity index (χ1) is 16.4. The highest BCUT2D eigenvalue weighted by atomic mass is 16.4. The summed E-state index contributed by atoms with van der Waals surface area (Å²) in [6.45, 7) is 3.97. The number of phenolic OH excluding ortho intramolecular Hbond substituents is 2. The zero-order valence-corrected chi connectivity index (χ0v) is 19.2. The number of hydrogen-bond acceptors (Lipinski definition) is 3. The first-order valence-corrected chi connectivity index (χ1v) is 11.5. The van der Waals surface area contributed by atoms with Crippen LogP contribution in [0.3, 0.4) is 0 Å². The zero-order valence-electron chi connectivity index (χ0n) is 19.2. The molecule has 0 heterocycles. The Balaban J connectivity index is 2.01. The molecule has 4 nitrogen and oxygen atoms in total. The number of rotatable bonds is 5. The highest BCUT2D eigenvalue weighted by Crippen LogP contribution is 2.57. The summed E-state index contributed by atoms with van der Waals surface area (Å²) in [6, 6.07) is 24.6. The highest BCUT2D eigenvalue weighted by molar-refractivity contribution is 5.98. The second-order valence-corrected chi connectivity index (χ2v) is 8.72. The van der Waals surface area contributed by atoms with Crippen LogP contribution in [0.1, 0.15) is 57.6 Å². The summed E-state index contributed by atoms with van der Waals surface area (Å²) < 4.78 is 0. The molecule has 0 bridgehead atoms. The van der Waals surface area contributed by atoms with Crippen LogP contribution in [0.4, 0.5) is 0 Å². The van der Waals surface area contributed by atoms with Crippen molar-refractivity contribution in [1.82, 2.24) is 0 Å². The van der Waals surface area contributed by atoms with Crippen molar-refractivity contribution in [3.8, 4) is 22.6 Å². The number of phenols is 2. The minimum absolute atomic E-state index is 0.222. The third kappa shape index (κ3) is 2.95. The Morgan fingerprint density at radius 3 is 1.85 bits per heavy atom. The normalized spacial score (nSPS) is 13.4. The van der Waals surface area contributed by atoms with Crippen molar-refractivity contribution < 1.29 is 20.1 Å². The van der Waals surface area contributed by atoms with E-state index in [9.17, 15) is 20.1 Å². The van der Waals surface area contributed by atoms with Crippen molar-refractivity contribution in [2.75, 3.05) is 0 Å². The molecule has 0 aliphatic heterocycles. The summed E-state index contributed by atoms with van der Waals surface area (Å²) in [7, 11) is 0. The lowest BCUT2D eigenvalue weighted by Gasteiger charge is -2.35. The lowest BCUT2D eigenvalue weighted by molar-refractivity contribution is 0.0695. The number of carbonyl (C=O) groups is 1. The van der Waals surface area contributed by atoms with Gasteiger partial charge in [-0.15, -0.1) is 0 Å². The molecule has 34 heavy (non-hydrogen) atoms. The Hall–Kier alpha value is -4.05. The van der Waals surface area contributed by atoms with E-state index in [0.29, 0.717) is 18.4 Å². The van der Waals surface area contributed by atoms with Gasteiger partial charge in [-0.1, -0.05) is 74.5 Å². The van der Waals surface area contributed by atoms with Gasteiger partial charge in [0, 0.05) is 0 Å². The van der Waals surface area contributed by atoms with Gasteiger partial charge in [0.15, 0.2) is 0 Å². The molecule has 0 spiro atoms. The van der Waals surface area contributed by atoms with Gasteiger partial charge in [-0.05, 0) is 75.5 Å². The molecule has 0 amide bonds. The molecule has 5 rings (SSSR count). The smallest absolute Gasteiger partial charge is 0.336 e. The fourth-order valence-corrected chi connectivity index (χ4v) is 5.51. The molecule has 0 saturated carbocycles. The molecule has 0 fully saturated rings. The lowest BCUT2D eigenvalue weighted by atomic mass is 9.66. The van der Waals surface area contributed by atoms with Crippen molar-refractivity contribution in [3.05, 3.63) is 118 Å². The van der Waals surface area contributed by atoms with Gasteiger partial charge in [0.1, 0.15) is 11.5 Å². The molecule has 4 heteroatoms. The molecule has 0 radical (unpaired) electrons. The average Bonchev–Trinajstić information content (AvgIpc) is 3.16. The Morgan fingerprint density at radius 2 is 1.29 bits per heavy atom. The van der Waals surface area contributed by atoms with Crippen LogP contribution < -0.4 is 0 Å². The highest BCUT2D eigenvalue weighted by Gasteiger charge is 2.48. The predicted octanol–water partition coefficient (Wildman–Crippen LogP) is 6.28. The summed E-state index contributed by atoms with van der Waals surface area (Å²) in [5, 5.41) is 31.2. The van der Waals surface area contributed by atoms with Gasteiger partial charge >= 0.3 is 5.97 Å². The van der Waals surface area contributed by atoms with E-state index in [0.717, 1.165) is 38.9 Å². The monoisotopic (exact) mass is 450 g/mol. The van der Waals surface area contributed by atoms with Crippen LogP contribution in [0.2, 0.25) is 0 Å². The van der Waals surface area contributed by atoms with Gasteiger partial charge in [0.25, 0.3) is 0 Å². The van der Waals surface area contributed by atoms with Gasteiger partial charge in [-0.3, -0.25) is 0 Å². The van der Waals surface area contributed by atoms with Crippen LogP contribution in [0.5, 0.6) is 11.5 Å². The zero-order chi connectivity index (χ0) is 24.0. The van der Waals surface area contributed by atoms with E-state index in [4.69, 9.17) is 0 Å². The maximum atomic E-state index is 12.5. The predicted molar refractivity (Wildman–Crippen MR) is 133 cm³/mol. The Kier molecular flexibility index (Phi) is 5.17. The number of aromatic hydroxyl groups is 2. The summed E-state index contributed by atoms with van der Waals surface area (Å²) in [6.07, 6.45) is 1.28. The molecule has 4 aromatic carbocycles. The molecule has 0 aromatic heterocycles. The number of hydrogen-bond donors (Lipinski definition) is 3. The molecule has 0 saturated heterocycles. The number of fused-ring (bicyclic) bond motifs is 3. The number of carboxylic acids is 1. The lowest BCUT2D eigenvalue weighted by Crippen LogP contribution is -2.31. The summed E-state index contributed by atoms with van der Waals surface area (Å²) in [4.78, 5) is 12.5. The van der Waals surface area contributed by atoms with Crippen molar-refractivity contribution >= 4 is 5.97 Å². The van der Waals surface area contributed by atoms with E-state index in [-0.39, 0.29) is 17.1 Å². The number of aryl methyl sites for hydroxylation is 2. The van der Waals surface area contributed by atoms with Crippen molar-refractivity contribution in [1.29, 1.82) is 0 Å². The van der Waals surface area contributed by atoms with Crippen LogP contribution in [0.15, 0.2) is 78.9 Å². The quantitative estimate of drug-likeness (QED) is 0.294. The number of benzene rings is 4. The summed E-state index contributed by atoms with van der Waals surface area (Å²) in [5.41, 5.74) is 6.25. The SMILES string of the molecule is CCc1cc(C2(c3ccc(O)c(CC)c3)c3ccccc3-c3cccc(C(=O)O)c32)ccc1O. The van der Waals surface area contributed by atoms with E-state index in [1.165, 1.54) is 0 Å². The van der Waals surface area contributed by atoms with Crippen molar-refractivity contribution in [2.24, 2.45) is 0 Å². The number of carboxylic acid groups (broad SMARTS) is 1. The maximum Gasteiger partial charge on any atom is 0.336 e. The minimum atomic E-state index is -0.988. The van der Waals surface area contributed by atoms with E-state index in [1.807, 2.05) is 62.4 Å². The molecule has 0 unspecified atom stereocenters. The Labute approximate surface area is 198 Å². The largest absolute Gasteiger partial charge is 0.508 e. The van der Waals surface area contributed by atoms with Gasteiger partial charge < -0.3 is 15.3 Å². The second-order valence-electron chi connectivity index (χ2n) is 8.72. The number of aromatic carboxylic acids is 1. The van der Waals surface area contributed by atoms with Gasteiger partial charge in [-0.2, -0.15) is 0 Å². The van der Waals surface area contributed by atoms with Crippen LogP contribution >= 0.6 is 0 Å². The molecule has 1 aliphatic rings. The molecule has 4 aromatic rings. The standard InChI is InChI=1S/C30H26O4/c1-3-18-16-20(12-14-26(18)31)30(21-13-15-27(32)19(4-2)17-21)25-11-6-5-8-22(25)23-9-7-10-24(28(23)30)29(33)34/h5-17,31-32H,3-4H2,1-2H3,(H,33,34). The van der Waals surface area contributed by atoms with Gasteiger partial charge in [0.2, 0.25) is 0 Å². The van der Waals surface area contributed by atoms with Crippen molar-refractivity contribution in [3.63, 3.8) is 0 Å². The Morgan fingerprint density at radius 1 is 0.735 bits per heavy atom. The first kappa shape index (κ1) is 21.8. The fourth-order valence-electron chi connectivity index (χ4n) is 5.51. The summed E-state index contributed by atoms with van der Waals surface area (Å²) >= 11 is 0. The van der Waals surface area contributed by atoms with E-state index >= 15 is 0 Å². The van der Waals surface area contributed by atoms with Crippen LogP contribution in [-0.4, -0.2) is 21.3 Å². The third-order valence-electron chi connectivity index (χ3n) is 7.08.